The van der Waals surface area contributed by atoms with E-state index in [9.17, 15) is 0 Å². The second kappa shape index (κ2) is 7.51. The smallest absolute Gasteiger partial charge is 0.120 e. The summed E-state index contributed by atoms with van der Waals surface area (Å²) in [5.41, 5.74) is 3.74. The van der Waals surface area contributed by atoms with Gasteiger partial charge in [-0.25, -0.2) is 0 Å². The third-order valence-electron chi connectivity index (χ3n) is 3.14. The van der Waals surface area contributed by atoms with Crippen LogP contribution in [0.15, 0.2) is 61.2 Å². The van der Waals surface area contributed by atoms with Crippen molar-refractivity contribution in [2.45, 2.75) is 20.1 Å². The highest BCUT2D eigenvalue weighted by Gasteiger charge is 1.99. The van der Waals surface area contributed by atoms with E-state index in [4.69, 9.17) is 4.74 Å². The Morgan fingerprint density at radius 3 is 2.65 bits per heavy atom. The van der Waals surface area contributed by atoms with Gasteiger partial charge in [-0.2, -0.15) is 0 Å². The van der Waals surface area contributed by atoms with E-state index in [1.807, 2.05) is 18.2 Å². The van der Waals surface area contributed by atoms with Gasteiger partial charge >= 0.3 is 0 Å². The van der Waals surface area contributed by atoms with Gasteiger partial charge in [0.25, 0.3) is 0 Å². The van der Waals surface area contributed by atoms with E-state index >= 15 is 0 Å². The van der Waals surface area contributed by atoms with Crippen molar-refractivity contribution < 1.29 is 10.1 Å². The molecule has 0 bridgehead atoms. The van der Waals surface area contributed by atoms with Crippen LogP contribution in [-0.4, -0.2) is 6.54 Å². The molecule has 0 saturated heterocycles. The molecule has 0 radical (unpaired) electrons. The Morgan fingerprint density at radius 1 is 1.10 bits per heavy atom. The fraction of sp³-hybridized carbons (Fsp3) is 0.222. The Labute approximate surface area is 121 Å². The second-order valence-electron chi connectivity index (χ2n) is 4.94. The van der Waals surface area contributed by atoms with Crippen LogP contribution in [-0.2, 0) is 13.2 Å². The molecule has 2 heteroatoms. The minimum atomic E-state index is 0.611. The quantitative estimate of drug-likeness (QED) is 0.606. The lowest BCUT2D eigenvalue weighted by Crippen LogP contribution is -2.82. The Kier molecular flexibility index (Phi) is 5.39. The van der Waals surface area contributed by atoms with E-state index < -0.39 is 0 Å². The molecule has 0 saturated carbocycles. The van der Waals surface area contributed by atoms with Crippen LogP contribution in [0.25, 0.3) is 0 Å². The maximum Gasteiger partial charge on any atom is 0.120 e. The van der Waals surface area contributed by atoms with Gasteiger partial charge in [0, 0.05) is 5.56 Å². The van der Waals surface area contributed by atoms with Gasteiger partial charge in [0.1, 0.15) is 18.9 Å². The largest absolute Gasteiger partial charge is 0.489 e. The molecule has 2 N–H and O–H groups in total. The van der Waals surface area contributed by atoms with Crippen LogP contribution in [0.2, 0.25) is 0 Å². The summed E-state index contributed by atoms with van der Waals surface area (Å²) in [4.78, 5) is 0. The summed E-state index contributed by atoms with van der Waals surface area (Å²) in [6.45, 7) is 8.32. The summed E-state index contributed by atoms with van der Waals surface area (Å²) in [6.07, 6.45) is 1.91. The Balaban J connectivity index is 1.90. The molecule has 20 heavy (non-hydrogen) atoms. The van der Waals surface area contributed by atoms with Crippen LogP contribution in [0, 0.1) is 6.92 Å². The number of aryl methyl sites for hydroxylation is 1. The molecule has 0 fully saturated rings. The van der Waals surface area contributed by atoms with Crippen molar-refractivity contribution in [2.75, 3.05) is 6.54 Å². The van der Waals surface area contributed by atoms with Gasteiger partial charge in [-0.15, -0.1) is 0 Å². The fourth-order valence-corrected chi connectivity index (χ4v) is 1.98. The van der Waals surface area contributed by atoms with Gasteiger partial charge in [-0.3, -0.25) is 0 Å². The molecule has 0 aliphatic carbocycles. The number of rotatable bonds is 7. The molecule has 0 atom stereocenters. The van der Waals surface area contributed by atoms with Crippen molar-refractivity contribution in [1.29, 1.82) is 0 Å². The summed E-state index contributed by atoms with van der Waals surface area (Å²) in [5.74, 6) is 0.926. The summed E-state index contributed by atoms with van der Waals surface area (Å²) in [7, 11) is 0. The average molecular weight is 268 g/mol. The molecule has 2 aromatic rings. The minimum Gasteiger partial charge on any atom is -0.489 e. The molecule has 2 rings (SSSR count). The first kappa shape index (κ1) is 14.4. The topological polar surface area (TPSA) is 25.8 Å². The van der Waals surface area contributed by atoms with Crippen LogP contribution in [0.3, 0.4) is 0 Å². The molecule has 0 aliphatic rings. The lowest BCUT2D eigenvalue weighted by molar-refractivity contribution is -0.662. The SMILES string of the molecule is C=CC[NH2+]Cc1cccc(OCc2ccc(C)cc2)c1. The highest BCUT2D eigenvalue weighted by Crippen LogP contribution is 2.15. The number of quaternary nitrogens is 1. The van der Waals surface area contributed by atoms with E-state index in [2.05, 4.69) is 55.2 Å². The number of ether oxygens (including phenoxy) is 1. The van der Waals surface area contributed by atoms with Gasteiger partial charge in [-0.1, -0.05) is 48.5 Å². The summed E-state index contributed by atoms with van der Waals surface area (Å²) >= 11 is 0. The van der Waals surface area contributed by atoms with Crippen molar-refractivity contribution >= 4 is 0 Å². The molecule has 104 valence electrons. The molecule has 0 spiro atoms. The number of benzene rings is 2. The van der Waals surface area contributed by atoms with Crippen LogP contribution >= 0.6 is 0 Å². The van der Waals surface area contributed by atoms with E-state index in [0.717, 1.165) is 18.8 Å². The first-order valence-electron chi connectivity index (χ1n) is 6.98. The predicted octanol–water partition coefficient (Wildman–Crippen LogP) is 2.82. The summed E-state index contributed by atoms with van der Waals surface area (Å²) < 4.78 is 5.84. The molecule has 0 heterocycles. The van der Waals surface area contributed by atoms with E-state index in [0.29, 0.717) is 6.61 Å². The Hall–Kier alpha value is -2.06. The molecular weight excluding hydrogens is 246 g/mol. The molecule has 0 aliphatic heterocycles. The van der Waals surface area contributed by atoms with Crippen molar-refractivity contribution in [1.82, 2.24) is 0 Å². The normalized spacial score (nSPS) is 10.2. The first-order chi connectivity index (χ1) is 9.78. The van der Waals surface area contributed by atoms with Gasteiger partial charge in [0.05, 0.1) is 6.54 Å². The van der Waals surface area contributed by atoms with E-state index in [1.54, 1.807) is 0 Å². The molecule has 0 aromatic heterocycles. The minimum absolute atomic E-state index is 0.611. The van der Waals surface area contributed by atoms with Crippen LogP contribution in [0.5, 0.6) is 5.75 Å². The van der Waals surface area contributed by atoms with Gasteiger partial charge in [0.15, 0.2) is 0 Å². The van der Waals surface area contributed by atoms with Crippen molar-refractivity contribution in [2.24, 2.45) is 0 Å². The maximum absolute atomic E-state index is 5.84. The van der Waals surface area contributed by atoms with Crippen molar-refractivity contribution in [3.8, 4) is 5.75 Å². The van der Waals surface area contributed by atoms with Crippen LogP contribution in [0.1, 0.15) is 16.7 Å². The lowest BCUT2D eigenvalue weighted by Gasteiger charge is -2.08. The standard InChI is InChI=1S/C18H21NO/c1-3-11-19-13-17-5-4-6-18(12-17)20-14-16-9-7-15(2)8-10-16/h3-10,12,19H,1,11,13-14H2,2H3/p+1. The average Bonchev–Trinajstić information content (AvgIpc) is 2.47. The molecule has 2 nitrogen and oxygen atoms in total. The lowest BCUT2D eigenvalue weighted by atomic mass is 10.2. The summed E-state index contributed by atoms with van der Waals surface area (Å²) in [6, 6.07) is 16.7. The highest BCUT2D eigenvalue weighted by molar-refractivity contribution is 5.28. The molecule has 0 amide bonds. The fourth-order valence-electron chi connectivity index (χ4n) is 1.98. The monoisotopic (exact) mass is 268 g/mol. The molecule has 0 unspecified atom stereocenters. The van der Waals surface area contributed by atoms with Crippen molar-refractivity contribution in [3.63, 3.8) is 0 Å². The van der Waals surface area contributed by atoms with E-state index in [1.165, 1.54) is 16.7 Å². The van der Waals surface area contributed by atoms with Crippen molar-refractivity contribution in [3.05, 3.63) is 77.9 Å². The third kappa shape index (κ3) is 4.56. The summed E-state index contributed by atoms with van der Waals surface area (Å²) in [5, 5.41) is 2.21. The Bertz CT molecular complexity index is 546. The third-order valence-corrected chi connectivity index (χ3v) is 3.14. The second-order valence-corrected chi connectivity index (χ2v) is 4.94. The molecular formula is C18H22NO+. The maximum atomic E-state index is 5.84. The number of hydrogen-bond donors (Lipinski definition) is 1. The predicted molar refractivity (Wildman–Crippen MR) is 82.6 cm³/mol. The van der Waals surface area contributed by atoms with Crippen LogP contribution < -0.4 is 10.1 Å². The van der Waals surface area contributed by atoms with Crippen LogP contribution in [0.4, 0.5) is 0 Å². The zero-order valence-corrected chi connectivity index (χ0v) is 12.0. The number of nitrogens with two attached hydrogens (primary N) is 1. The van der Waals surface area contributed by atoms with E-state index in [-0.39, 0.29) is 0 Å². The highest BCUT2D eigenvalue weighted by atomic mass is 16.5. The van der Waals surface area contributed by atoms with Gasteiger partial charge in [-0.05, 0) is 30.7 Å². The van der Waals surface area contributed by atoms with Gasteiger partial charge < -0.3 is 10.1 Å². The molecule has 2 aromatic carbocycles. The Morgan fingerprint density at radius 2 is 1.90 bits per heavy atom. The van der Waals surface area contributed by atoms with Gasteiger partial charge in [0.2, 0.25) is 0 Å². The zero-order chi connectivity index (χ0) is 14.2. The number of hydrogen-bond acceptors (Lipinski definition) is 1. The first-order valence-corrected chi connectivity index (χ1v) is 6.98. The zero-order valence-electron chi connectivity index (χ0n) is 12.0.